The van der Waals surface area contributed by atoms with Crippen molar-refractivity contribution in [3.63, 3.8) is 0 Å². The van der Waals surface area contributed by atoms with E-state index in [0.29, 0.717) is 12.0 Å². The Morgan fingerprint density at radius 3 is 2.37 bits per heavy atom. The number of benzene rings is 1. The zero-order valence-electron chi connectivity index (χ0n) is 16.3. The number of fused-ring (bicyclic) bond motifs is 1. The maximum Gasteiger partial charge on any atom is 0.305 e. The van der Waals surface area contributed by atoms with E-state index in [4.69, 9.17) is 4.74 Å². The summed E-state index contributed by atoms with van der Waals surface area (Å²) in [4.78, 5) is 36.6. The van der Waals surface area contributed by atoms with E-state index < -0.39 is 17.0 Å². The number of unbranched alkanes of at least 4 members (excludes halogenated alkanes) is 3. The number of hydrogen-bond donors (Lipinski definition) is 1. The smallest absolute Gasteiger partial charge is 0.305 e. The molecule has 0 unspecified atom stereocenters. The van der Waals surface area contributed by atoms with Gasteiger partial charge in [0, 0.05) is 28.5 Å². The Balaban J connectivity index is 2.03. The van der Waals surface area contributed by atoms with E-state index in [1.165, 1.54) is 6.07 Å². The largest absolute Gasteiger partial charge is 0.507 e. The molecule has 0 bridgehead atoms. The SMILES string of the molecule is CCCCCCC(=O)OCC(C)(C)CC1=C(O)c2ccccc2C(=O)C1=O. The fourth-order valence-corrected chi connectivity index (χ4v) is 3.15. The van der Waals surface area contributed by atoms with E-state index >= 15 is 0 Å². The molecule has 146 valence electrons. The first-order valence-corrected chi connectivity index (χ1v) is 9.53. The molecule has 0 spiro atoms. The molecule has 0 aliphatic heterocycles. The number of carbonyl (C=O) groups excluding carboxylic acids is 3. The zero-order chi connectivity index (χ0) is 20.0. The molecule has 1 aromatic rings. The summed E-state index contributed by atoms with van der Waals surface area (Å²) >= 11 is 0. The van der Waals surface area contributed by atoms with Crippen LogP contribution in [0.4, 0.5) is 0 Å². The molecule has 5 heteroatoms. The van der Waals surface area contributed by atoms with E-state index in [2.05, 4.69) is 6.92 Å². The summed E-state index contributed by atoms with van der Waals surface area (Å²) in [5.41, 5.74) is 0.105. The van der Waals surface area contributed by atoms with Crippen LogP contribution in [-0.2, 0) is 14.3 Å². The average Bonchev–Trinajstić information content (AvgIpc) is 2.65. The van der Waals surface area contributed by atoms with Gasteiger partial charge in [-0.1, -0.05) is 64.3 Å². The highest BCUT2D eigenvalue weighted by Crippen LogP contribution is 2.35. The molecule has 0 aromatic heterocycles. The van der Waals surface area contributed by atoms with Crippen molar-refractivity contribution in [3.05, 3.63) is 41.0 Å². The molecule has 2 rings (SSSR count). The Bertz CT molecular complexity index is 758. The summed E-state index contributed by atoms with van der Waals surface area (Å²) < 4.78 is 5.36. The lowest BCUT2D eigenvalue weighted by Crippen LogP contribution is -2.29. The average molecular weight is 372 g/mol. The number of aliphatic hydroxyl groups is 1. The van der Waals surface area contributed by atoms with Gasteiger partial charge in [-0.25, -0.2) is 0 Å². The number of allylic oxidation sites excluding steroid dienone is 1. The monoisotopic (exact) mass is 372 g/mol. The molecule has 0 amide bonds. The first kappa shape index (κ1) is 20.9. The van der Waals surface area contributed by atoms with E-state index in [9.17, 15) is 19.5 Å². The topological polar surface area (TPSA) is 80.7 Å². The third-order valence-corrected chi connectivity index (χ3v) is 4.71. The number of Topliss-reactive ketones (excluding diaryl/α,β-unsaturated/α-hetero) is 2. The van der Waals surface area contributed by atoms with Crippen molar-refractivity contribution in [2.45, 2.75) is 59.3 Å². The molecule has 27 heavy (non-hydrogen) atoms. The Labute approximate surface area is 160 Å². The second-order valence-corrected chi connectivity index (χ2v) is 7.84. The molecule has 0 atom stereocenters. The fourth-order valence-electron chi connectivity index (χ4n) is 3.15. The van der Waals surface area contributed by atoms with Crippen LogP contribution in [0.2, 0.25) is 0 Å². The first-order chi connectivity index (χ1) is 12.8. The van der Waals surface area contributed by atoms with Crippen molar-refractivity contribution >= 4 is 23.3 Å². The minimum Gasteiger partial charge on any atom is -0.507 e. The van der Waals surface area contributed by atoms with Gasteiger partial charge < -0.3 is 9.84 Å². The van der Waals surface area contributed by atoms with Gasteiger partial charge in [0.25, 0.3) is 0 Å². The summed E-state index contributed by atoms with van der Waals surface area (Å²) in [6.07, 6.45) is 4.56. The van der Waals surface area contributed by atoms with E-state index in [0.717, 1.165) is 25.7 Å². The molecule has 1 aliphatic carbocycles. The predicted octanol–water partition coefficient (Wildman–Crippen LogP) is 4.65. The molecular formula is C22H28O5. The van der Waals surface area contributed by atoms with Gasteiger partial charge in [-0.15, -0.1) is 0 Å². The quantitative estimate of drug-likeness (QED) is 0.388. The third-order valence-electron chi connectivity index (χ3n) is 4.71. The molecule has 0 saturated heterocycles. The summed E-state index contributed by atoms with van der Waals surface area (Å²) in [6.45, 7) is 5.92. The molecular weight excluding hydrogens is 344 g/mol. The lowest BCUT2D eigenvalue weighted by Gasteiger charge is -2.27. The number of esters is 1. The van der Waals surface area contributed by atoms with Gasteiger partial charge >= 0.3 is 5.97 Å². The molecule has 0 saturated carbocycles. The highest BCUT2D eigenvalue weighted by atomic mass is 16.5. The Morgan fingerprint density at radius 1 is 1.04 bits per heavy atom. The van der Waals surface area contributed by atoms with Crippen LogP contribution in [-0.4, -0.2) is 29.2 Å². The molecule has 1 aliphatic rings. The summed E-state index contributed by atoms with van der Waals surface area (Å²) in [7, 11) is 0. The van der Waals surface area contributed by atoms with Crippen molar-refractivity contribution in [2.75, 3.05) is 6.61 Å². The van der Waals surface area contributed by atoms with E-state index in [1.54, 1.807) is 18.2 Å². The van der Waals surface area contributed by atoms with Gasteiger partial charge in [-0.2, -0.15) is 0 Å². The van der Waals surface area contributed by atoms with Crippen LogP contribution in [0.1, 0.15) is 75.2 Å². The lowest BCUT2D eigenvalue weighted by molar-refractivity contribution is -0.146. The van der Waals surface area contributed by atoms with Crippen LogP contribution < -0.4 is 0 Å². The molecule has 1 aromatic carbocycles. The summed E-state index contributed by atoms with van der Waals surface area (Å²) in [5.74, 6) is -1.71. The predicted molar refractivity (Wildman–Crippen MR) is 103 cm³/mol. The molecule has 0 radical (unpaired) electrons. The molecule has 0 heterocycles. The maximum atomic E-state index is 12.4. The van der Waals surface area contributed by atoms with Gasteiger partial charge in [0.2, 0.25) is 11.6 Å². The highest BCUT2D eigenvalue weighted by Gasteiger charge is 2.36. The number of ketones is 2. The first-order valence-electron chi connectivity index (χ1n) is 9.53. The third kappa shape index (κ3) is 5.28. The second-order valence-electron chi connectivity index (χ2n) is 7.84. The number of rotatable bonds is 9. The summed E-state index contributed by atoms with van der Waals surface area (Å²) in [5, 5.41) is 10.5. The number of aliphatic hydroxyl groups excluding tert-OH is 1. The Kier molecular flexibility index (Phi) is 6.94. The minimum absolute atomic E-state index is 0.0858. The van der Waals surface area contributed by atoms with Crippen LogP contribution in [0.15, 0.2) is 29.8 Å². The van der Waals surface area contributed by atoms with Crippen molar-refractivity contribution in [3.8, 4) is 0 Å². The van der Waals surface area contributed by atoms with Crippen LogP contribution in [0.5, 0.6) is 0 Å². The van der Waals surface area contributed by atoms with Gasteiger partial charge in [0.05, 0.1) is 6.61 Å². The maximum absolute atomic E-state index is 12.4. The summed E-state index contributed by atoms with van der Waals surface area (Å²) in [6, 6.07) is 6.53. The van der Waals surface area contributed by atoms with Crippen molar-refractivity contribution < 1.29 is 24.2 Å². The van der Waals surface area contributed by atoms with E-state index in [-0.39, 0.29) is 35.9 Å². The second kappa shape index (κ2) is 8.98. The minimum atomic E-state index is -0.690. The van der Waals surface area contributed by atoms with Gasteiger partial charge in [0.1, 0.15) is 5.76 Å². The van der Waals surface area contributed by atoms with E-state index in [1.807, 2.05) is 13.8 Å². The van der Waals surface area contributed by atoms with Gasteiger partial charge in [0.15, 0.2) is 0 Å². The van der Waals surface area contributed by atoms with Crippen LogP contribution in [0.25, 0.3) is 5.76 Å². The Hall–Kier alpha value is -2.43. The number of hydrogen-bond acceptors (Lipinski definition) is 5. The van der Waals surface area contributed by atoms with Crippen molar-refractivity contribution in [1.82, 2.24) is 0 Å². The number of carbonyl (C=O) groups is 3. The zero-order valence-corrected chi connectivity index (χ0v) is 16.3. The number of ether oxygens (including phenoxy) is 1. The van der Waals surface area contributed by atoms with Gasteiger partial charge in [-0.3, -0.25) is 14.4 Å². The van der Waals surface area contributed by atoms with Gasteiger partial charge in [-0.05, 0) is 12.8 Å². The highest BCUT2D eigenvalue weighted by molar-refractivity contribution is 6.52. The van der Waals surface area contributed by atoms with Crippen molar-refractivity contribution in [2.24, 2.45) is 5.41 Å². The Morgan fingerprint density at radius 2 is 1.70 bits per heavy atom. The fraction of sp³-hybridized carbons (Fsp3) is 0.500. The van der Waals surface area contributed by atoms with Crippen LogP contribution in [0, 0.1) is 5.41 Å². The molecule has 5 nitrogen and oxygen atoms in total. The van der Waals surface area contributed by atoms with Crippen molar-refractivity contribution in [1.29, 1.82) is 0 Å². The molecule has 0 fully saturated rings. The van der Waals surface area contributed by atoms with Crippen LogP contribution in [0.3, 0.4) is 0 Å². The standard InChI is InChI=1S/C22H28O5/c1-4-5-6-7-12-18(23)27-14-22(2,3)13-17-19(24)15-10-8-9-11-16(15)20(25)21(17)26/h8-11,24H,4-7,12-14H2,1-3H3. The van der Waals surface area contributed by atoms with Crippen LogP contribution >= 0.6 is 0 Å². The normalized spacial score (nSPS) is 14.3. The lowest BCUT2D eigenvalue weighted by atomic mass is 9.79. The molecule has 1 N–H and O–H groups in total.